The molecule has 0 radical (unpaired) electrons. The van der Waals surface area contributed by atoms with Gasteiger partial charge in [-0.2, -0.15) is 4.52 Å². The Morgan fingerprint density at radius 1 is 0.972 bits per heavy atom. The molecular weight excluding hydrogens is 470 g/mol. The Morgan fingerprint density at radius 3 is 2.42 bits per heavy atom. The zero-order valence-corrected chi connectivity index (χ0v) is 22.8. The fourth-order valence-corrected chi connectivity index (χ4v) is 5.58. The summed E-state index contributed by atoms with van der Waals surface area (Å²) in [5.74, 6) is 1.14. The maximum atomic E-state index is 4.54. The van der Waals surface area contributed by atoms with Crippen LogP contribution in [0.3, 0.4) is 0 Å². The number of thiophene rings is 1. The molecule has 0 bridgehead atoms. The monoisotopic (exact) mass is 503 g/mol. The fraction of sp³-hybridized carbons (Fsp3) is 0.462. The van der Waals surface area contributed by atoms with Crippen LogP contribution in [0.1, 0.15) is 68.1 Å². The zero-order valence-electron chi connectivity index (χ0n) is 22.0. The van der Waals surface area contributed by atoms with Crippen molar-refractivity contribution < 1.29 is 0 Å². The molecule has 0 saturated carbocycles. The van der Waals surface area contributed by atoms with Crippen LogP contribution < -0.4 is 0 Å². The Morgan fingerprint density at radius 2 is 1.72 bits per heavy atom. The van der Waals surface area contributed by atoms with Gasteiger partial charge in [-0.1, -0.05) is 19.9 Å². The lowest BCUT2D eigenvalue weighted by atomic mass is 9.98. The van der Waals surface area contributed by atoms with E-state index in [-0.39, 0.29) is 17.5 Å². The van der Waals surface area contributed by atoms with Crippen molar-refractivity contribution in [2.75, 3.05) is 0 Å². The van der Waals surface area contributed by atoms with Crippen molar-refractivity contribution in [3.8, 4) is 0 Å². The molecule has 9 nitrogen and oxygen atoms in total. The molecule has 36 heavy (non-hydrogen) atoms. The first kappa shape index (κ1) is 24.5. The van der Waals surface area contributed by atoms with Gasteiger partial charge in [0.15, 0.2) is 11.5 Å². The highest BCUT2D eigenvalue weighted by Gasteiger charge is 2.33. The van der Waals surface area contributed by atoms with Crippen molar-refractivity contribution in [3.63, 3.8) is 0 Å². The van der Waals surface area contributed by atoms with Gasteiger partial charge in [0.2, 0.25) is 0 Å². The molecule has 0 aliphatic rings. The zero-order chi connectivity index (χ0) is 25.6. The maximum Gasteiger partial charge on any atom is 0.184 e. The van der Waals surface area contributed by atoms with Crippen molar-refractivity contribution in [2.45, 2.75) is 73.1 Å². The first-order valence-corrected chi connectivity index (χ1v) is 13.2. The second-order valence-corrected chi connectivity index (χ2v) is 11.9. The molecular formula is C26H33N9S. The number of hydrogen-bond acceptors (Lipinski definition) is 8. The minimum atomic E-state index is -0.233. The molecule has 10 heteroatoms. The number of rotatable bonds is 7. The van der Waals surface area contributed by atoms with Gasteiger partial charge in [-0.05, 0) is 102 Å². The summed E-state index contributed by atoms with van der Waals surface area (Å²) in [4.78, 5) is 3.75. The molecule has 0 fully saturated rings. The Balaban J connectivity index is 1.65. The lowest BCUT2D eigenvalue weighted by Gasteiger charge is -2.35. The quantitative estimate of drug-likeness (QED) is 0.305. The van der Waals surface area contributed by atoms with Crippen LogP contribution >= 0.6 is 11.3 Å². The van der Waals surface area contributed by atoms with Gasteiger partial charge in [-0.25, -0.2) is 4.68 Å². The molecule has 5 rings (SSSR count). The molecule has 0 amide bonds. The van der Waals surface area contributed by atoms with E-state index in [1.54, 1.807) is 11.3 Å². The van der Waals surface area contributed by atoms with E-state index in [0.29, 0.717) is 6.54 Å². The number of aryl methyl sites for hydroxylation is 2. The van der Waals surface area contributed by atoms with Gasteiger partial charge in [0.25, 0.3) is 0 Å². The van der Waals surface area contributed by atoms with Crippen molar-refractivity contribution in [3.05, 3.63) is 63.1 Å². The Hall–Kier alpha value is -3.24. The summed E-state index contributed by atoms with van der Waals surface area (Å²) in [5.41, 5.74) is 5.11. The van der Waals surface area contributed by atoms with Gasteiger partial charge in [0.1, 0.15) is 0 Å². The summed E-state index contributed by atoms with van der Waals surface area (Å²) < 4.78 is 3.82. The molecule has 1 aromatic carbocycles. The highest BCUT2D eigenvalue weighted by molar-refractivity contribution is 7.09. The minimum Gasteiger partial charge on any atom is -0.284 e. The number of hydrogen-bond donors (Lipinski definition) is 0. The van der Waals surface area contributed by atoms with E-state index in [4.69, 9.17) is 0 Å². The summed E-state index contributed by atoms with van der Waals surface area (Å²) in [5, 5.41) is 29.0. The SMILES string of the molecule is Cc1cc2cc(CN(Cc3cccs3)[C@H](c3nnnn3C(C)(C)C)C(C)C)c3nnnn3c2cc1C. The van der Waals surface area contributed by atoms with Crippen molar-refractivity contribution >= 4 is 27.9 Å². The molecule has 188 valence electrons. The molecule has 1 atom stereocenters. The van der Waals surface area contributed by atoms with E-state index in [2.05, 4.69) is 120 Å². The largest absolute Gasteiger partial charge is 0.284 e. The summed E-state index contributed by atoms with van der Waals surface area (Å²) in [6.45, 7) is 16.5. The van der Waals surface area contributed by atoms with E-state index >= 15 is 0 Å². The standard InChI is InChI=1S/C26H33N9S/c1-16(2)23(25-28-30-32-35(25)26(5,6)7)33(15-21-9-8-10-36-21)14-20-13-19-11-17(3)18(4)12-22(19)34-24(20)27-29-31-34/h8-13,16,23H,14-15H2,1-7H3/t23-/m0/s1. The third-order valence-corrected chi connectivity index (χ3v) is 7.55. The summed E-state index contributed by atoms with van der Waals surface area (Å²) in [6.07, 6.45) is 0. The Bertz CT molecular complexity index is 1490. The lowest BCUT2D eigenvalue weighted by molar-refractivity contribution is 0.121. The molecule has 4 aromatic heterocycles. The van der Waals surface area contributed by atoms with Crippen LogP contribution in [0, 0.1) is 19.8 Å². The average molecular weight is 504 g/mol. The van der Waals surface area contributed by atoms with E-state index in [9.17, 15) is 0 Å². The summed E-state index contributed by atoms with van der Waals surface area (Å²) in [7, 11) is 0. The number of fused-ring (bicyclic) bond motifs is 3. The highest BCUT2D eigenvalue weighted by Crippen LogP contribution is 2.34. The first-order valence-electron chi connectivity index (χ1n) is 12.3. The van der Waals surface area contributed by atoms with Crippen LogP contribution in [0.15, 0.2) is 35.7 Å². The van der Waals surface area contributed by atoms with Crippen LogP contribution in [0.2, 0.25) is 0 Å². The molecule has 0 aliphatic heterocycles. The van der Waals surface area contributed by atoms with Gasteiger partial charge in [0.05, 0.1) is 17.1 Å². The molecule has 0 N–H and O–H groups in total. The van der Waals surface area contributed by atoms with E-state index in [1.807, 2.05) is 9.20 Å². The normalized spacial score (nSPS) is 13.5. The molecule has 0 unspecified atom stereocenters. The van der Waals surface area contributed by atoms with Crippen LogP contribution in [-0.4, -0.2) is 45.1 Å². The van der Waals surface area contributed by atoms with Gasteiger partial charge in [-0.15, -0.1) is 21.5 Å². The predicted molar refractivity (Wildman–Crippen MR) is 142 cm³/mol. The number of tetrazole rings is 2. The number of benzene rings is 1. The third-order valence-electron chi connectivity index (χ3n) is 6.69. The van der Waals surface area contributed by atoms with E-state index in [1.165, 1.54) is 16.0 Å². The molecule has 0 spiro atoms. The molecule has 4 heterocycles. The van der Waals surface area contributed by atoms with Crippen LogP contribution in [0.5, 0.6) is 0 Å². The average Bonchev–Trinajstić information content (AvgIpc) is 3.56. The van der Waals surface area contributed by atoms with Gasteiger partial charge >= 0.3 is 0 Å². The first-order chi connectivity index (χ1) is 17.1. The fourth-order valence-electron chi connectivity index (χ4n) is 4.85. The van der Waals surface area contributed by atoms with Gasteiger partial charge in [-0.3, -0.25) is 4.90 Å². The maximum absolute atomic E-state index is 4.54. The summed E-state index contributed by atoms with van der Waals surface area (Å²) >= 11 is 1.76. The highest BCUT2D eigenvalue weighted by atomic mass is 32.1. The van der Waals surface area contributed by atoms with Crippen molar-refractivity contribution in [1.82, 2.24) is 45.1 Å². The van der Waals surface area contributed by atoms with Crippen LogP contribution in [0.25, 0.3) is 16.6 Å². The van der Waals surface area contributed by atoms with E-state index < -0.39 is 0 Å². The summed E-state index contributed by atoms with van der Waals surface area (Å²) in [6, 6.07) is 10.9. The molecule has 0 aliphatic carbocycles. The minimum absolute atomic E-state index is 0.00675. The third kappa shape index (κ3) is 4.51. The molecule has 0 saturated heterocycles. The number of pyridine rings is 1. The lowest BCUT2D eigenvalue weighted by Crippen LogP contribution is -2.36. The van der Waals surface area contributed by atoms with Crippen LogP contribution in [0.4, 0.5) is 0 Å². The second kappa shape index (κ2) is 9.33. The smallest absolute Gasteiger partial charge is 0.184 e. The number of nitrogens with zero attached hydrogens (tertiary/aromatic N) is 9. The van der Waals surface area contributed by atoms with Gasteiger partial charge < -0.3 is 0 Å². The van der Waals surface area contributed by atoms with Gasteiger partial charge in [0, 0.05) is 28.9 Å². The van der Waals surface area contributed by atoms with Crippen molar-refractivity contribution in [2.24, 2.45) is 5.92 Å². The topological polar surface area (TPSA) is 89.9 Å². The van der Waals surface area contributed by atoms with Crippen LogP contribution in [-0.2, 0) is 18.6 Å². The Kier molecular flexibility index (Phi) is 6.34. The predicted octanol–water partition coefficient (Wildman–Crippen LogP) is 5.10. The second-order valence-electron chi connectivity index (χ2n) is 10.9. The Labute approximate surface area is 215 Å². The van der Waals surface area contributed by atoms with E-state index in [0.717, 1.165) is 34.5 Å². The van der Waals surface area contributed by atoms with Crippen molar-refractivity contribution in [1.29, 1.82) is 0 Å². The number of aromatic nitrogens is 8. The molecule has 5 aromatic rings.